The van der Waals surface area contributed by atoms with Crippen LogP contribution in [0.3, 0.4) is 0 Å². The van der Waals surface area contributed by atoms with Crippen LogP contribution in [0.1, 0.15) is 6.42 Å². The van der Waals surface area contributed by atoms with Crippen LogP contribution in [0, 0.1) is 0 Å². The number of aromatic hydroxyl groups is 1. The Hall–Kier alpha value is -1.81. The van der Waals surface area contributed by atoms with E-state index in [1.165, 1.54) is 18.3 Å². The van der Waals surface area contributed by atoms with Crippen molar-refractivity contribution >= 4 is 38.2 Å². The van der Waals surface area contributed by atoms with Crippen LogP contribution in [0.25, 0.3) is 11.0 Å². The molecular weight excluding hydrogens is 362 g/mol. The van der Waals surface area contributed by atoms with Crippen molar-refractivity contribution < 1.29 is 14.3 Å². The molecule has 0 spiro atoms. The highest BCUT2D eigenvalue weighted by molar-refractivity contribution is 8.76. The Bertz CT molecular complexity index is 834. The van der Waals surface area contributed by atoms with Crippen LogP contribution in [0.4, 0.5) is 5.69 Å². The standard InChI is InChI=1S/C16H19N3O4S2/c17-11(8-22-13-3-4-24-25-9-13)7-19(18)14-5-10-1-2-12(20)6-15(10)23-16(14)21/h1-2,5-7,13,20H,3-4,8-9,17-18H2/b11-7-/t13-/m0/s1. The fraction of sp³-hybridized carbons (Fsp3) is 0.312. The number of phenolic OH excluding ortho intramolecular Hbond substituents is 1. The first kappa shape index (κ1) is 18.0. The summed E-state index contributed by atoms with van der Waals surface area (Å²) in [5, 5.41) is 11.2. The maximum Gasteiger partial charge on any atom is 0.361 e. The Morgan fingerprint density at radius 3 is 3.04 bits per heavy atom. The molecule has 0 amide bonds. The first-order chi connectivity index (χ1) is 12.0. The van der Waals surface area contributed by atoms with Crippen molar-refractivity contribution in [1.82, 2.24) is 0 Å². The molecule has 0 bridgehead atoms. The van der Waals surface area contributed by atoms with Crippen molar-refractivity contribution in [2.45, 2.75) is 12.5 Å². The third-order valence-electron chi connectivity index (χ3n) is 3.63. The lowest BCUT2D eigenvalue weighted by molar-refractivity contribution is 0.0841. The van der Waals surface area contributed by atoms with E-state index in [-0.39, 0.29) is 29.7 Å². The summed E-state index contributed by atoms with van der Waals surface area (Å²) in [6.45, 7) is 0.246. The summed E-state index contributed by atoms with van der Waals surface area (Å²) >= 11 is 0. The van der Waals surface area contributed by atoms with Crippen molar-refractivity contribution in [3.63, 3.8) is 0 Å². The molecule has 0 aliphatic carbocycles. The fourth-order valence-corrected chi connectivity index (χ4v) is 4.72. The predicted octanol–water partition coefficient (Wildman–Crippen LogP) is 2.15. The van der Waals surface area contributed by atoms with Crippen LogP contribution in [-0.2, 0) is 4.74 Å². The molecule has 1 aromatic heterocycles. The molecule has 5 N–H and O–H groups in total. The van der Waals surface area contributed by atoms with Gasteiger partial charge in [-0.2, -0.15) is 0 Å². The molecule has 1 aromatic carbocycles. The van der Waals surface area contributed by atoms with E-state index < -0.39 is 5.63 Å². The number of nitrogens with two attached hydrogens (primary N) is 2. The van der Waals surface area contributed by atoms with Gasteiger partial charge in [0.15, 0.2) is 0 Å². The van der Waals surface area contributed by atoms with Crippen molar-refractivity contribution in [1.29, 1.82) is 0 Å². The lowest BCUT2D eigenvalue weighted by Gasteiger charge is -2.21. The van der Waals surface area contributed by atoms with Crippen molar-refractivity contribution in [2.24, 2.45) is 11.6 Å². The Morgan fingerprint density at radius 2 is 2.28 bits per heavy atom. The molecule has 9 heteroatoms. The molecule has 25 heavy (non-hydrogen) atoms. The Kier molecular flexibility index (Phi) is 5.79. The van der Waals surface area contributed by atoms with Crippen LogP contribution < -0.4 is 22.2 Å². The van der Waals surface area contributed by atoms with E-state index in [0.29, 0.717) is 11.1 Å². The summed E-state index contributed by atoms with van der Waals surface area (Å²) in [6.07, 6.45) is 2.63. The summed E-state index contributed by atoms with van der Waals surface area (Å²) in [5.74, 6) is 7.95. The number of anilines is 1. The molecule has 0 radical (unpaired) electrons. The van der Waals surface area contributed by atoms with Crippen LogP contribution in [-0.4, -0.2) is 29.3 Å². The number of nitrogens with zero attached hydrogens (tertiary/aromatic N) is 1. The third-order valence-corrected chi connectivity index (χ3v) is 6.12. The highest BCUT2D eigenvalue weighted by atomic mass is 33.1. The summed E-state index contributed by atoms with van der Waals surface area (Å²) < 4.78 is 10.9. The van der Waals surface area contributed by atoms with Gasteiger partial charge in [0.2, 0.25) is 0 Å². The smallest absolute Gasteiger partial charge is 0.361 e. The molecule has 7 nitrogen and oxygen atoms in total. The molecule has 1 aliphatic heterocycles. The normalized spacial score (nSPS) is 18.4. The van der Waals surface area contributed by atoms with E-state index in [0.717, 1.165) is 22.9 Å². The van der Waals surface area contributed by atoms with E-state index in [1.54, 1.807) is 22.9 Å². The minimum atomic E-state index is -0.619. The van der Waals surface area contributed by atoms with Crippen LogP contribution in [0.15, 0.2) is 45.4 Å². The van der Waals surface area contributed by atoms with Gasteiger partial charge in [-0.1, -0.05) is 21.6 Å². The van der Waals surface area contributed by atoms with E-state index >= 15 is 0 Å². The van der Waals surface area contributed by atoms with Gasteiger partial charge in [-0.15, -0.1) is 0 Å². The molecule has 0 saturated carbocycles. The Labute approximate surface area is 152 Å². The first-order valence-corrected chi connectivity index (χ1v) is 10.1. The van der Waals surface area contributed by atoms with E-state index in [1.807, 2.05) is 10.8 Å². The maximum atomic E-state index is 12.1. The second kappa shape index (κ2) is 8.05. The van der Waals surface area contributed by atoms with Crippen LogP contribution in [0.5, 0.6) is 5.75 Å². The quantitative estimate of drug-likeness (QED) is 0.310. The SMILES string of the molecule is N/C(=C\N(N)c1cc2ccc(O)cc2oc1=O)CO[C@H]1CCSSC1. The second-order valence-electron chi connectivity index (χ2n) is 5.58. The highest BCUT2D eigenvalue weighted by Gasteiger charge is 2.15. The average molecular weight is 381 g/mol. The minimum Gasteiger partial charge on any atom is -0.508 e. The van der Waals surface area contributed by atoms with Gasteiger partial charge < -0.3 is 20.0 Å². The molecule has 1 aliphatic rings. The van der Waals surface area contributed by atoms with Crippen molar-refractivity contribution in [3.05, 3.63) is 46.6 Å². The minimum absolute atomic E-state index is 0.0218. The molecule has 1 saturated heterocycles. The zero-order chi connectivity index (χ0) is 17.8. The number of hydrazine groups is 1. The topological polar surface area (TPSA) is 115 Å². The van der Waals surface area contributed by atoms with Gasteiger partial charge in [-0.05, 0) is 24.6 Å². The molecule has 2 aromatic rings. The van der Waals surface area contributed by atoms with Gasteiger partial charge in [0.1, 0.15) is 17.0 Å². The number of fused-ring (bicyclic) bond motifs is 1. The number of ether oxygens (including phenoxy) is 1. The molecule has 3 rings (SSSR count). The zero-order valence-corrected chi connectivity index (χ0v) is 15.0. The number of phenols is 1. The average Bonchev–Trinajstić information content (AvgIpc) is 2.60. The zero-order valence-electron chi connectivity index (χ0n) is 13.4. The monoisotopic (exact) mass is 381 g/mol. The molecule has 1 fully saturated rings. The summed E-state index contributed by atoms with van der Waals surface area (Å²) in [7, 11) is 3.64. The van der Waals surface area contributed by atoms with Gasteiger partial charge in [-0.25, -0.2) is 10.6 Å². The van der Waals surface area contributed by atoms with Crippen LogP contribution >= 0.6 is 21.6 Å². The maximum absolute atomic E-state index is 12.1. The molecule has 134 valence electrons. The third kappa shape index (κ3) is 4.63. The molecule has 2 heterocycles. The first-order valence-electron chi connectivity index (χ1n) is 7.66. The van der Waals surface area contributed by atoms with Crippen molar-refractivity contribution in [2.75, 3.05) is 23.1 Å². The number of hydrogen-bond donors (Lipinski definition) is 3. The summed E-state index contributed by atoms with van der Waals surface area (Å²) in [6, 6.07) is 6.10. The fourth-order valence-electron chi connectivity index (χ4n) is 2.35. The summed E-state index contributed by atoms with van der Waals surface area (Å²) in [4.78, 5) is 12.1. The van der Waals surface area contributed by atoms with Gasteiger partial charge in [0.05, 0.1) is 18.4 Å². The largest absolute Gasteiger partial charge is 0.508 e. The molecule has 0 unspecified atom stereocenters. The number of hydrogen-bond acceptors (Lipinski definition) is 9. The summed E-state index contributed by atoms with van der Waals surface area (Å²) in [5.41, 5.74) is 6.17. The highest BCUT2D eigenvalue weighted by Crippen LogP contribution is 2.30. The van der Waals surface area contributed by atoms with E-state index in [9.17, 15) is 9.90 Å². The molecule has 1 atom stereocenters. The second-order valence-corrected chi connectivity index (χ2v) is 8.21. The lowest BCUT2D eigenvalue weighted by atomic mass is 10.2. The van der Waals surface area contributed by atoms with Gasteiger partial charge in [0.25, 0.3) is 0 Å². The van der Waals surface area contributed by atoms with E-state index in [4.69, 9.17) is 20.7 Å². The van der Waals surface area contributed by atoms with E-state index in [2.05, 4.69) is 0 Å². The molecular formula is C16H19N3O4S2. The predicted molar refractivity (Wildman–Crippen MR) is 102 cm³/mol. The van der Waals surface area contributed by atoms with Gasteiger partial charge in [0, 0.05) is 29.2 Å². The Balaban J connectivity index is 1.72. The number of rotatable bonds is 5. The number of benzene rings is 1. The van der Waals surface area contributed by atoms with Gasteiger partial charge in [-0.3, -0.25) is 5.01 Å². The lowest BCUT2D eigenvalue weighted by Crippen LogP contribution is -2.31. The van der Waals surface area contributed by atoms with Crippen molar-refractivity contribution in [3.8, 4) is 5.75 Å². The van der Waals surface area contributed by atoms with Crippen LogP contribution in [0.2, 0.25) is 0 Å². The van der Waals surface area contributed by atoms with Gasteiger partial charge >= 0.3 is 5.63 Å². The Morgan fingerprint density at radius 1 is 1.44 bits per heavy atom.